The predicted octanol–water partition coefficient (Wildman–Crippen LogP) is 3.43. The van der Waals surface area contributed by atoms with Crippen molar-refractivity contribution in [3.8, 4) is 29.1 Å². The average molecular weight is 507 g/mol. The molecular formula is C27H23F2N3O5. The molecule has 0 saturated heterocycles. The Bertz CT molecular complexity index is 1430. The molecule has 1 aromatic heterocycles. The molecule has 8 nitrogen and oxygen atoms in total. The summed E-state index contributed by atoms with van der Waals surface area (Å²) in [6, 6.07) is 9.52. The number of hydrogen-bond donors (Lipinski definition) is 2. The van der Waals surface area contributed by atoms with Gasteiger partial charge in [0.2, 0.25) is 0 Å². The van der Waals surface area contributed by atoms with Gasteiger partial charge in [0.05, 0.1) is 5.69 Å². The van der Waals surface area contributed by atoms with E-state index in [0.29, 0.717) is 23.1 Å². The van der Waals surface area contributed by atoms with E-state index in [-0.39, 0.29) is 23.8 Å². The molecule has 0 fully saturated rings. The van der Waals surface area contributed by atoms with Crippen LogP contribution in [0.25, 0.3) is 0 Å². The van der Waals surface area contributed by atoms with Crippen molar-refractivity contribution in [2.75, 3.05) is 18.6 Å². The van der Waals surface area contributed by atoms with Gasteiger partial charge >= 0.3 is 0 Å². The number of rotatable bonds is 4. The number of ether oxygens (including phenoxy) is 2. The summed E-state index contributed by atoms with van der Waals surface area (Å²) in [4.78, 5) is 31.3. The first-order valence-corrected chi connectivity index (χ1v) is 11.2. The first kappa shape index (κ1) is 25.6. The van der Waals surface area contributed by atoms with Crippen LogP contribution in [0.2, 0.25) is 0 Å². The third-order valence-electron chi connectivity index (χ3n) is 5.26. The van der Waals surface area contributed by atoms with Crippen LogP contribution in [0, 0.1) is 23.5 Å². The van der Waals surface area contributed by atoms with Gasteiger partial charge in [-0.3, -0.25) is 14.6 Å². The first-order valence-electron chi connectivity index (χ1n) is 11.2. The second kappa shape index (κ2) is 10.2. The van der Waals surface area contributed by atoms with Crippen LogP contribution in [0.4, 0.5) is 14.5 Å². The number of carbonyl (C=O) groups excluding carboxylic acids is 2. The fourth-order valence-electron chi connectivity index (χ4n) is 3.42. The number of nitrogens with one attached hydrogen (secondary N) is 1. The second-order valence-electron chi connectivity index (χ2n) is 8.78. The Morgan fingerprint density at radius 3 is 2.73 bits per heavy atom. The van der Waals surface area contributed by atoms with Gasteiger partial charge in [0.25, 0.3) is 11.8 Å². The Morgan fingerprint density at radius 1 is 1.22 bits per heavy atom. The first-order chi connectivity index (χ1) is 17.5. The van der Waals surface area contributed by atoms with Gasteiger partial charge in [-0.15, -0.1) is 0 Å². The van der Waals surface area contributed by atoms with E-state index in [4.69, 9.17) is 9.47 Å². The molecule has 3 aromatic rings. The molecule has 4 rings (SSSR count). The molecule has 0 bridgehead atoms. The maximum absolute atomic E-state index is 13.9. The molecule has 0 aliphatic carbocycles. The molecule has 2 N–H and O–H groups in total. The number of pyridine rings is 1. The van der Waals surface area contributed by atoms with Crippen molar-refractivity contribution in [3.05, 3.63) is 77.6 Å². The Labute approximate surface area is 211 Å². The molecule has 2 heterocycles. The summed E-state index contributed by atoms with van der Waals surface area (Å²) in [7, 11) is 1.55. The number of fused-ring (bicyclic) bond motifs is 1. The van der Waals surface area contributed by atoms with E-state index >= 15 is 0 Å². The van der Waals surface area contributed by atoms with Crippen LogP contribution < -0.4 is 19.7 Å². The Kier molecular flexibility index (Phi) is 7.09. The maximum Gasteiger partial charge on any atom is 0.270 e. The third kappa shape index (κ3) is 6.20. The molecule has 1 unspecified atom stereocenters. The summed E-state index contributed by atoms with van der Waals surface area (Å²) < 4.78 is 38.2. The zero-order chi connectivity index (χ0) is 26.7. The molecule has 2 aromatic carbocycles. The van der Waals surface area contributed by atoms with Crippen molar-refractivity contribution in [3.63, 3.8) is 0 Å². The van der Waals surface area contributed by atoms with Gasteiger partial charge in [-0.25, -0.2) is 8.78 Å². The lowest BCUT2D eigenvalue weighted by Crippen LogP contribution is -2.49. The molecule has 0 spiro atoms. The van der Waals surface area contributed by atoms with Crippen molar-refractivity contribution < 1.29 is 33.0 Å². The van der Waals surface area contributed by atoms with Gasteiger partial charge < -0.3 is 24.8 Å². The SMILES string of the molecule is CN1C(=O)C(NC(=O)c2cc(Oc3ccc(F)cc3F)ccn2)COc2ccc(C#CC(C)(C)O)cc21. The number of aliphatic hydroxyl groups is 1. The molecule has 0 radical (unpaired) electrons. The number of likely N-dealkylation sites (N-methyl/N-ethyl adjacent to an activating group) is 1. The minimum Gasteiger partial charge on any atom is -0.489 e. The van der Waals surface area contributed by atoms with Crippen molar-refractivity contribution in [2.45, 2.75) is 25.5 Å². The molecule has 37 heavy (non-hydrogen) atoms. The average Bonchev–Trinajstić information content (AvgIpc) is 2.96. The zero-order valence-electron chi connectivity index (χ0n) is 20.2. The molecule has 1 aliphatic rings. The van der Waals surface area contributed by atoms with E-state index in [1.807, 2.05) is 0 Å². The Balaban J connectivity index is 1.49. The van der Waals surface area contributed by atoms with Crippen LogP contribution >= 0.6 is 0 Å². The van der Waals surface area contributed by atoms with Gasteiger partial charge in [-0.1, -0.05) is 11.8 Å². The van der Waals surface area contributed by atoms with Gasteiger partial charge in [0.1, 0.15) is 41.3 Å². The lowest BCUT2D eigenvalue weighted by molar-refractivity contribution is -0.120. The third-order valence-corrected chi connectivity index (χ3v) is 5.26. The number of benzene rings is 2. The van der Waals surface area contributed by atoms with Crippen molar-refractivity contribution in [1.29, 1.82) is 0 Å². The van der Waals surface area contributed by atoms with E-state index in [1.54, 1.807) is 39.1 Å². The Morgan fingerprint density at radius 2 is 2.00 bits per heavy atom. The van der Waals surface area contributed by atoms with Crippen molar-refractivity contribution >= 4 is 17.5 Å². The minimum atomic E-state index is -1.18. The summed E-state index contributed by atoms with van der Waals surface area (Å²) >= 11 is 0. The van der Waals surface area contributed by atoms with Crippen LogP contribution in [0.1, 0.15) is 29.9 Å². The van der Waals surface area contributed by atoms with Gasteiger partial charge in [-0.2, -0.15) is 0 Å². The van der Waals surface area contributed by atoms with Crippen LogP contribution in [-0.2, 0) is 4.79 Å². The molecule has 190 valence electrons. The van der Waals surface area contributed by atoms with E-state index in [0.717, 1.165) is 12.1 Å². The Hall–Kier alpha value is -4.49. The summed E-state index contributed by atoms with van der Waals surface area (Å²) in [6.07, 6.45) is 1.29. The maximum atomic E-state index is 13.9. The number of halogens is 2. The summed E-state index contributed by atoms with van der Waals surface area (Å²) in [5.41, 5.74) is -0.227. The second-order valence-corrected chi connectivity index (χ2v) is 8.78. The van der Waals surface area contributed by atoms with Gasteiger partial charge in [0, 0.05) is 30.9 Å². The lowest BCUT2D eigenvalue weighted by Gasteiger charge is -2.20. The summed E-state index contributed by atoms with van der Waals surface area (Å²) in [5, 5.41) is 12.4. The number of amides is 2. The largest absolute Gasteiger partial charge is 0.489 e. The number of nitrogens with zero attached hydrogens (tertiary/aromatic N) is 2. The quantitative estimate of drug-likeness (QED) is 0.525. The highest BCUT2D eigenvalue weighted by atomic mass is 19.1. The summed E-state index contributed by atoms with van der Waals surface area (Å²) in [5.74, 6) is 3.11. The van der Waals surface area contributed by atoms with E-state index in [9.17, 15) is 23.5 Å². The number of hydrogen-bond acceptors (Lipinski definition) is 6. The van der Waals surface area contributed by atoms with Gasteiger partial charge in [-0.05, 0) is 50.2 Å². The van der Waals surface area contributed by atoms with Crippen molar-refractivity contribution in [2.24, 2.45) is 0 Å². The molecule has 0 saturated carbocycles. The smallest absolute Gasteiger partial charge is 0.270 e. The molecular weight excluding hydrogens is 484 g/mol. The van der Waals surface area contributed by atoms with Gasteiger partial charge in [0.15, 0.2) is 11.6 Å². The summed E-state index contributed by atoms with van der Waals surface area (Å²) in [6.45, 7) is 2.99. The standard InChI is InChI=1S/C27H23F2N3O5/c1-27(2,35)10-8-16-4-6-24-22(12-16)32(3)26(34)21(15-36-24)31-25(33)20-14-18(9-11-30-20)37-23-7-5-17(28)13-19(23)29/h4-7,9,11-14,21,35H,15H2,1-3H3,(H,31,33). The van der Waals surface area contributed by atoms with Crippen molar-refractivity contribution in [1.82, 2.24) is 10.3 Å². The highest BCUT2D eigenvalue weighted by Gasteiger charge is 2.31. The minimum absolute atomic E-state index is 0.0820. The normalized spacial score (nSPS) is 15.0. The highest BCUT2D eigenvalue weighted by molar-refractivity contribution is 6.03. The lowest BCUT2D eigenvalue weighted by atomic mass is 10.1. The predicted molar refractivity (Wildman–Crippen MR) is 130 cm³/mol. The van der Waals surface area contributed by atoms with E-state index < -0.39 is 35.1 Å². The fourth-order valence-corrected chi connectivity index (χ4v) is 3.42. The fraction of sp³-hybridized carbons (Fsp3) is 0.222. The van der Waals surface area contributed by atoms with Crippen LogP contribution in [0.3, 0.4) is 0 Å². The van der Waals surface area contributed by atoms with Crippen LogP contribution in [0.5, 0.6) is 17.2 Å². The van der Waals surface area contributed by atoms with Crippen LogP contribution in [0.15, 0.2) is 54.7 Å². The highest BCUT2D eigenvalue weighted by Crippen LogP contribution is 2.31. The molecule has 10 heteroatoms. The molecule has 1 aliphatic heterocycles. The van der Waals surface area contributed by atoms with E-state index in [2.05, 4.69) is 22.1 Å². The van der Waals surface area contributed by atoms with Crippen LogP contribution in [-0.4, -0.2) is 47.2 Å². The zero-order valence-corrected chi connectivity index (χ0v) is 20.2. The topological polar surface area (TPSA) is 101 Å². The molecule has 1 atom stereocenters. The number of anilines is 1. The number of aromatic nitrogens is 1. The molecule has 2 amide bonds. The number of carbonyl (C=O) groups is 2. The van der Waals surface area contributed by atoms with E-state index in [1.165, 1.54) is 23.2 Å². The monoisotopic (exact) mass is 507 g/mol.